The van der Waals surface area contributed by atoms with Gasteiger partial charge in [0.2, 0.25) is 5.91 Å². The van der Waals surface area contributed by atoms with Crippen LogP contribution in [0.1, 0.15) is 11.5 Å². The Morgan fingerprint density at radius 1 is 1.18 bits per heavy atom. The van der Waals surface area contributed by atoms with Gasteiger partial charge in [0.25, 0.3) is 0 Å². The summed E-state index contributed by atoms with van der Waals surface area (Å²) in [4.78, 5) is 14.1. The smallest absolute Gasteiger partial charge is 0.244 e. The van der Waals surface area contributed by atoms with Crippen molar-refractivity contribution in [2.45, 2.75) is 18.5 Å². The van der Waals surface area contributed by atoms with Crippen LogP contribution in [0.3, 0.4) is 0 Å². The highest BCUT2D eigenvalue weighted by molar-refractivity contribution is 5.85. The quantitative estimate of drug-likeness (QED) is 0.922. The minimum atomic E-state index is -0.000952. The third-order valence-electron chi connectivity index (χ3n) is 3.80. The van der Waals surface area contributed by atoms with Crippen molar-refractivity contribution in [2.24, 2.45) is 5.73 Å². The minimum Gasteiger partial charge on any atom is -0.339 e. The molecule has 0 saturated carbocycles. The van der Waals surface area contributed by atoms with E-state index in [1.807, 2.05) is 29.2 Å². The molecule has 0 unspecified atom stereocenters. The lowest BCUT2D eigenvalue weighted by atomic mass is 9.95. The second-order valence-electron chi connectivity index (χ2n) is 5.18. The fourth-order valence-electron chi connectivity index (χ4n) is 2.72. The number of hydrogen-bond donors (Lipinski definition) is 1. The highest BCUT2D eigenvalue weighted by Crippen LogP contribution is 2.26. The molecule has 1 aromatic heterocycles. The fraction of sp³-hybridized carbons (Fsp3) is 0.333. The molecule has 1 amide bonds. The Labute approximate surface area is 142 Å². The van der Waals surface area contributed by atoms with E-state index in [9.17, 15) is 4.79 Å². The maximum absolute atomic E-state index is 12.2. The predicted octanol–water partition coefficient (Wildman–Crippen LogP) is 1.68. The predicted molar refractivity (Wildman–Crippen MR) is 90.5 cm³/mol. The van der Waals surface area contributed by atoms with E-state index in [4.69, 9.17) is 5.73 Å². The molecule has 0 spiro atoms. The summed E-state index contributed by atoms with van der Waals surface area (Å²) in [6.07, 6.45) is 3.47. The largest absolute Gasteiger partial charge is 0.339 e. The van der Waals surface area contributed by atoms with Gasteiger partial charge >= 0.3 is 0 Å². The Hall–Kier alpha value is -1.56. The van der Waals surface area contributed by atoms with Gasteiger partial charge in [0.15, 0.2) is 0 Å². The van der Waals surface area contributed by atoms with Crippen LogP contribution in [0.5, 0.6) is 0 Å². The Morgan fingerprint density at radius 3 is 2.55 bits per heavy atom. The van der Waals surface area contributed by atoms with E-state index in [0.29, 0.717) is 13.1 Å². The molecule has 1 aromatic carbocycles. The van der Waals surface area contributed by atoms with E-state index < -0.39 is 0 Å². The van der Waals surface area contributed by atoms with Crippen molar-refractivity contribution < 1.29 is 4.79 Å². The molecular formula is C15H20Cl2N4O. The van der Waals surface area contributed by atoms with Gasteiger partial charge in [-0.05, 0) is 11.6 Å². The van der Waals surface area contributed by atoms with E-state index in [-0.39, 0.29) is 49.2 Å². The third-order valence-corrected chi connectivity index (χ3v) is 3.80. The van der Waals surface area contributed by atoms with Crippen LogP contribution in [-0.4, -0.2) is 39.7 Å². The zero-order chi connectivity index (χ0) is 13.9. The number of carbonyl (C=O) groups excluding carboxylic acids is 1. The minimum absolute atomic E-state index is 0. The van der Waals surface area contributed by atoms with Crippen LogP contribution in [0, 0.1) is 0 Å². The van der Waals surface area contributed by atoms with Crippen LogP contribution in [0.2, 0.25) is 0 Å². The van der Waals surface area contributed by atoms with E-state index in [2.05, 4.69) is 17.2 Å². The average molecular weight is 343 g/mol. The van der Waals surface area contributed by atoms with Crippen molar-refractivity contribution in [3.63, 3.8) is 0 Å². The molecule has 3 rings (SSSR count). The molecule has 0 bridgehead atoms. The van der Waals surface area contributed by atoms with Crippen molar-refractivity contribution in [1.29, 1.82) is 0 Å². The first-order chi connectivity index (χ1) is 9.74. The molecule has 2 N–H and O–H groups in total. The molecule has 120 valence electrons. The number of benzene rings is 1. The molecule has 2 heterocycles. The van der Waals surface area contributed by atoms with Crippen LogP contribution >= 0.6 is 24.8 Å². The topological polar surface area (TPSA) is 64.2 Å². The maximum atomic E-state index is 12.2. The van der Waals surface area contributed by atoms with Gasteiger partial charge in [0.05, 0.1) is 0 Å². The van der Waals surface area contributed by atoms with Crippen LogP contribution in [0.4, 0.5) is 0 Å². The summed E-state index contributed by atoms with van der Waals surface area (Å²) in [7, 11) is 0. The number of halogens is 2. The molecule has 1 saturated heterocycles. The van der Waals surface area contributed by atoms with Crippen molar-refractivity contribution in [2.75, 3.05) is 13.1 Å². The maximum Gasteiger partial charge on any atom is 0.244 e. The molecule has 5 nitrogen and oxygen atoms in total. The summed E-state index contributed by atoms with van der Waals surface area (Å²) in [5, 5.41) is 4.06. The first kappa shape index (κ1) is 18.5. The van der Waals surface area contributed by atoms with E-state index in [0.717, 1.165) is 0 Å². The van der Waals surface area contributed by atoms with Gasteiger partial charge in [0, 0.05) is 37.4 Å². The van der Waals surface area contributed by atoms with Crippen LogP contribution in [-0.2, 0) is 11.3 Å². The molecule has 22 heavy (non-hydrogen) atoms. The lowest BCUT2D eigenvalue weighted by molar-refractivity contribution is -0.131. The van der Waals surface area contributed by atoms with Crippen molar-refractivity contribution in [1.82, 2.24) is 14.7 Å². The lowest BCUT2D eigenvalue weighted by Gasteiger charge is -2.16. The van der Waals surface area contributed by atoms with E-state index >= 15 is 0 Å². The highest BCUT2D eigenvalue weighted by Gasteiger charge is 2.33. The SMILES string of the molecule is Cl.Cl.N[C@@H]1CN(C(=O)Cn2cccn2)C[C@H]1c1ccccc1. The standard InChI is InChI=1S/C15H18N4O.2ClH/c16-14-10-18(15(20)11-19-8-4-7-17-19)9-13(14)12-5-2-1-3-6-12;;/h1-8,13-14H,9-11,16H2;2*1H/t13-,14+;;/m0../s1. The number of nitrogens with two attached hydrogens (primary N) is 1. The van der Waals surface area contributed by atoms with E-state index in [1.54, 1.807) is 17.1 Å². The number of hydrogen-bond acceptors (Lipinski definition) is 3. The van der Waals surface area contributed by atoms with Gasteiger partial charge < -0.3 is 10.6 Å². The van der Waals surface area contributed by atoms with Crippen LogP contribution < -0.4 is 5.73 Å². The summed E-state index contributed by atoms with van der Waals surface area (Å²) >= 11 is 0. The average Bonchev–Trinajstić information content (AvgIpc) is 3.09. The molecule has 0 radical (unpaired) electrons. The summed E-state index contributed by atoms with van der Waals surface area (Å²) in [6.45, 7) is 1.58. The lowest BCUT2D eigenvalue weighted by Crippen LogP contribution is -2.34. The normalized spacial score (nSPS) is 20.1. The first-order valence-electron chi connectivity index (χ1n) is 6.80. The highest BCUT2D eigenvalue weighted by atomic mass is 35.5. The molecule has 0 aliphatic carbocycles. The Morgan fingerprint density at radius 2 is 1.91 bits per heavy atom. The number of nitrogens with zero attached hydrogens (tertiary/aromatic N) is 3. The zero-order valence-corrected chi connectivity index (χ0v) is 13.7. The summed E-state index contributed by atoms with van der Waals surface area (Å²) in [5.74, 6) is 0.292. The molecule has 1 fully saturated rings. The van der Waals surface area contributed by atoms with Gasteiger partial charge in [0.1, 0.15) is 6.54 Å². The summed E-state index contributed by atoms with van der Waals surface area (Å²) < 4.78 is 1.64. The molecule has 7 heteroatoms. The third kappa shape index (κ3) is 4.00. The second-order valence-corrected chi connectivity index (χ2v) is 5.18. The van der Waals surface area contributed by atoms with Gasteiger partial charge in [-0.15, -0.1) is 24.8 Å². The van der Waals surface area contributed by atoms with Crippen LogP contribution in [0.25, 0.3) is 0 Å². The number of rotatable bonds is 3. The van der Waals surface area contributed by atoms with Gasteiger partial charge in [-0.2, -0.15) is 5.10 Å². The monoisotopic (exact) mass is 342 g/mol. The molecular weight excluding hydrogens is 323 g/mol. The Kier molecular flexibility index (Phi) is 6.87. The summed E-state index contributed by atoms with van der Waals surface area (Å²) in [5.41, 5.74) is 7.40. The van der Waals surface area contributed by atoms with Gasteiger partial charge in [-0.1, -0.05) is 30.3 Å². The van der Waals surface area contributed by atoms with Crippen molar-refractivity contribution >= 4 is 30.7 Å². The molecule has 2 aromatic rings. The first-order valence-corrected chi connectivity index (χ1v) is 6.80. The number of aromatic nitrogens is 2. The fourth-order valence-corrected chi connectivity index (χ4v) is 2.72. The Balaban J connectivity index is 0.00000121. The zero-order valence-electron chi connectivity index (χ0n) is 12.0. The van der Waals surface area contributed by atoms with Crippen molar-refractivity contribution in [3.8, 4) is 0 Å². The number of likely N-dealkylation sites (tertiary alicyclic amines) is 1. The molecule has 1 aliphatic rings. The second kappa shape index (κ2) is 8.17. The van der Waals surface area contributed by atoms with Crippen molar-refractivity contribution in [3.05, 3.63) is 54.4 Å². The van der Waals surface area contributed by atoms with Crippen LogP contribution in [0.15, 0.2) is 48.8 Å². The van der Waals surface area contributed by atoms with E-state index in [1.165, 1.54) is 5.56 Å². The number of carbonyl (C=O) groups is 1. The Bertz CT molecular complexity index is 576. The van der Waals surface area contributed by atoms with Gasteiger partial charge in [-0.25, -0.2) is 0 Å². The summed E-state index contributed by atoms with van der Waals surface area (Å²) in [6, 6.07) is 12.0. The molecule has 1 aliphatic heterocycles. The molecule has 2 atom stereocenters. The number of amides is 1. The van der Waals surface area contributed by atoms with Gasteiger partial charge in [-0.3, -0.25) is 9.48 Å².